The van der Waals surface area contributed by atoms with E-state index >= 15 is 0 Å². The van der Waals surface area contributed by atoms with E-state index in [1.54, 1.807) is 0 Å². The molecule has 0 N–H and O–H groups in total. The van der Waals surface area contributed by atoms with Crippen LogP contribution in [0.4, 0.5) is 0 Å². The summed E-state index contributed by atoms with van der Waals surface area (Å²) in [6, 6.07) is 20.2. The van der Waals surface area contributed by atoms with Crippen molar-refractivity contribution in [3.63, 3.8) is 0 Å². The van der Waals surface area contributed by atoms with Gasteiger partial charge in [-0.05, 0) is 31.7 Å². The highest BCUT2D eigenvalue weighted by Crippen LogP contribution is 2.28. The van der Waals surface area contributed by atoms with Crippen molar-refractivity contribution in [2.75, 3.05) is 26.7 Å². The molecule has 26 heavy (non-hydrogen) atoms. The average molecular weight is 345 g/mol. The quantitative estimate of drug-likeness (QED) is 0.711. The molecule has 1 aliphatic heterocycles. The van der Waals surface area contributed by atoms with Crippen LogP contribution in [0.25, 0.3) is 10.9 Å². The summed E-state index contributed by atoms with van der Waals surface area (Å²) in [5.74, 6) is 0.0913. The number of likely N-dealkylation sites (N-methyl/N-ethyl adjacent to an activating group) is 1. The smallest absolute Gasteiger partial charge is 0.255 e. The SMILES string of the molecule is Cc1cc(C(=O)N2CCN(C)C[C@H]2c2ccccc2)c2ccccc2n1. The Morgan fingerprint density at radius 3 is 2.58 bits per heavy atom. The third-order valence-electron chi connectivity index (χ3n) is 5.10. The van der Waals surface area contributed by atoms with Crippen LogP contribution in [0.15, 0.2) is 60.7 Å². The highest BCUT2D eigenvalue weighted by atomic mass is 16.2. The van der Waals surface area contributed by atoms with Crippen LogP contribution in [0.1, 0.15) is 27.7 Å². The van der Waals surface area contributed by atoms with Gasteiger partial charge in [0.15, 0.2) is 0 Å². The molecular weight excluding hydrogens is 322 g/mol. The lowest BCUT2D eigenvalue weighted by atomic mass is 10.00. The normalized spacial score (nSPS) is 18.2. The fourth-order valence-corrected chi connectivity index (χ4v) is 3.76. The average Bonchev–Trinajstić information content (AvgIpc) is 2.67. The number of aromatic nitrogens is 1. The number of rotatable bonds is 2. The maximum absolute atomic E-state index is 13.5. The van der Waals surface area contributed by atoms with Gasteiger partial charge in [0.2, 0.25) is 0 Å². The summed E-state index contributed by atoms with van der Waals surface area (Å²) in [6.45, 7) is 4.40. The van der Waals surface area contributed by atoms with Gasteiger partial charge in [0.25, 0.3) is 5.91 Å². The second-order valence-electron chi connectivity index (χ2n) is 7.02. The van der Waals surface area contributed by atoms with Crippen molar-refractivity contribution in [3.05, 3.63) is 77.5 Å². The molecule has 132 valence electrons. The summed E-state index contributed by atoms with van der Waals surface area (Å²) >= 11 is 0. The molecule has 0 radical (unpaired) electrons. The molecule has 0 saturated carbocycles. The Hall–Kier alpha value is -2.72. The van der Waals surface area contributed by atoms with Gasteiger partial charge in [-0.2, -0.15) is 0 Å². The van der Waals surface area contributed by atoms with Gasteiger partial charge in [-0.15, -0.1) is 0 Å². The van der Waals surface area contributed by atoms with Gasteiger partial charge in [0.1, 0.15) is 0 Å². The van der Waals surface area contributed by atoms with Crippen LogP contribution in [-0.4, -0.2) is 47.4 Å². The van der Waals surface area contributed by atoms with E-state index in [0.29, 0.717) is 0 Å². The molecule has 4 nitrogen and oxygen atoms in total. The summed E-state index contributed by atoms with van der Waals surface area (Å²) in [7, 11) is 2.11. The molecule has 1 fully saturated rings. The van der Waals surface area contributed by atoms with Crippen molar-refractivity contribution in [1.82, 2.24) is 14.8 Å². The van der Waals surface area contributed by atoms with E-state index in [0.717, 1.165) is 41.8 Å². The van der Waals surface area contributed by atoms with Crippen molar-refractivity contribution in [3.8, 4) is 0 Å². The lowest BCUT2D eigenvalue weighted by molar-refractivity contribution is 0.0500. The van der Waals surface area contributed by atoms with Crippen LogP contribution in [0.2, 0.25) is 0 Å². The van der Waals surface area contributed by atoms with Crippen LogP contribution in [0.5, 0.6) is 0 Å². The van der Waals surface area contributed by atoms with Crippen molar-refractivity contribution >= 4 is 16.8 Å². The zero-order valence-electron chi connectivity index (χ0n) is 15.2. The maximum Gasteiger partial charge on any atom is 0.255 e. The van der Waals surface area contributed by atoms with Crippen LogP contribution in [0, 0.1) is 6.92 Å². The van der Waals surface area contributed by atoms with E-state index in [-0.39, 0.29) is 11.9 Å². The zero-order valence-corrected chi connectivity index (χ0v) is 15.2. The fraction of sp³-hybridized carbons (Fsp3) is 0.273. The molecular formula is C22H23N3O. The van der Waals surface area contributed by atoms with Gasteiger partial charge in [0, 0.05) is 30.7 Å². The molecule has 1 saturated heterocycles. The number of nitrogens with zero attached hydrogens (tertiary/aromatic N) is 3. The van der Waals surface area contributed by atoms with E-state index in [2.05, 4.69) is 29.1 Å². The number of benzene rings is 2. The number of para-hydroxylation sites is 1. The number of carbonyl (C=O) groups is 1. The molecule has 4 rings (SSSR count). The molecule has 1 aliphatic rings. The Kier molecular flexibility index (Phi) is 4.43. The number of pyridine rings is 1. The number of fused-ring (bicyclic) bond motifs is 1. The Balaban J connectivity index is 1.77. The molecule has 1 atom stereocenters. The third kappa shape index (κ3) is 3.08. The first kappa shape index (κ1) is 16.7. The summed E-state index contributed by atoms with van der Waals surface area (Å²) in [6.07, 6.45) is 0. The van der Waals surface area contributed by atoms with E-state index in [1.165, 1.54) is 5.56 Å². The van der Waals surface area contributed by atoms with E-state index in [4.69, 9.17) is 0 Å². The summed E-state index contributed by atoms with van der Waals surface area (Å²) in [5.41, 5.74) is 3.68. The van der Waals surface area contributed by atoms with Crippen molar-refractivity contribution in [1.29, 1.82) is 0 Å². The Bertz CT molecular complexity index is 939. The predicted octanol–water partition coefficient (Wildman–Crippen LogP) is 3.67. The second kappa shape index (κ2) is 6.89. The molecule has 2 heterocycles. The van der Waals surface area contributed by atoms with E-state index in [9.17, 15) is 4.79 Å². The Morgan fingerprint density at radius 1 is 1.04 bits per heavy atom. The van der Waals surface area contributed by atoms with Gasteiger partial charge in [0.05, 0.1) is 17.1 Å². The highest BCUT2D eigenvalue weighted by molar-refractivity contribution is 6.06. The largest absolute Gasteiger partial charge is 0.329 e. The number of aryl methyl sites for hydroxylation is 1. The predicted molar refractivity (Wildman–Crippen MR) is 104 cm³/mol. The fourth-order valence-electron chi connectivity index (χ4n) is 3.76. The Morgan fingerprint density at radius 2 is 1.77 bits per heavy atom. The topological polar surface area (TPSA) is 36.4 Å². The van der Waals surface area contributed by atoms with Gasteiger partial charge in [-0.25, -0.2) is 0 Å². The molecule has 0 aliphatic carbocycles. The summed E-state index contributed by atoms with van der Waals surface area (Å²) in [5, 5.41) is 0.925. The van der Waals surface area contributed by atoms with Crippen LogP contribution in [-0.2, 0) is 0 Å². The number of piperazine rings is 1. The molecule has 4 heteroatoms. The van der Waals surface area contributed by atoms with Gasteiger partial charge < -0.3 is 9.80 Å². The van der Waals surface area contributed by atoms with Crippen molar-refractivity contribution in [2.45, 2.75) is 13.0 Å². The van der Waals surface area contributed by atoms with E-state index < -0.39 is 0 Å². The maximum atomic E-state index is 13.5. The number of carbonyl (C=O) groups excluding carboxylic acids is 1. The van der Waals surface area contributed by atoms with Crippen LogP contribution >= 0.6 is 0 Å². The van der Waals surface area contributed by atoms with Crippen molar-refractivity contribution < 1.29 is 4.79 Å². The van der Waals surface area contributed by atoms with Crippen LogP contribution < -0.4 is 0 Å². The number of amides is 1. The minimum absolute atomic E-state index is 0.0645. The number of hydrogen-bond donors (Lipinski definition) is 0. The zero-order chi connectivity index (χ0) is 18.1. The van der Waals surface area contributed by atoms with E-state index in [1.807, 2.05) is 60.4 Å². The monoisotopic (exact) mass is 345 g/mol. The molecule has 2 aromatic carbocycles. The molecule has 0 spiro atoms. The highest BCUT2D eigenvalue weighted by Gasteiger charge is 2.31. The molecule has 0 bridgehead atoms. The number of hydrogen-bond acceptors (Lipinski definition) is 3. The second-order valence-corrected chi connectivity index (χ2v) is 7.02. The molecule has 0 unspecified atom stereocenters. The third-order valence-corrected chi connectivity index (χ3v) is 5.10. The minimum Gasteiger partial charge on any atom is -0.329 e. The Labute approximate surface area is 154 Å². The first-order valence-electron chi connectivity index (χ1n) is 9.04. The molecule has 1 aromatic heterocycles. The first-order chi connectivity index (χ1) is 12.6. The first-order valence-corrected chi connectivity index (χ1v) is 9.04. The summed E-state index contributed by atoms with van der Waals surface area (Å²) in [4.78, 5) is 22.4. The van der Waals surface area contributed by atoms with Gasteiger partial charge in [-0.3, -0.25) is 9.78 Å². The summed E-state index contributed by atoms with van der Waals surface area (Å²) < 4.78 is 0. The van der Waals surface area contributed by atoms with Crippen LogP contribution in [0.3, 0.4) is 0 Å². The standard InChI is InChI=1S/C22H23N3O/c1-16-14-19(18-10-6-7-11-20(18)23-16)22(26)25-13-12-24(2)15-21(25)17-8-4-3-5-9-17/h3-11,14,21H,12-13,15H2,1-2H3/t21-/m0/s1. The lowest BCUT2D eigenvalue weighted by Crippen LogP contribution is -2.49. The van der Waals surface area contributed by atoms with Gasteiger partial charge in [-0.1, -0.05) is 48.5 Å². The molecule has 3 aromatic rings. The lowest BCUT2D eigenvalue weighted by Gasteiger charge is -2.40. The minimum atomic E-state index is 0.0645. The molecule has 1 amide bonds. The van der Waals surface area contributed by atoms with Crippen molar-refractivity contribution in [2.24, 2.45) is 0 Å². The van der Waals surface area contributed by atoms with Gasteiger partial charge >= 0.3 is 0 Å².